The number of imide groups is 1. The maximum Gasteiger partial charge on any atom is 0.326 e. The number of rotatable bonds is 6. The van der Waals surface area contributed by atoms with Crippen LogP contribution >= 0.6 is 0 Å². The molecule has 28 heavy (non-hydrogen) atoms. The van der Waals surface area contributed by atoms with E-state index in [0.717, 1.165) is 30.6 Å². The number of urea groups is 1. The van der Waals surface area contributed by atoms with E-state index in [1.54, 1.807) is 38.3 Å². The summed E-state index contributed by atoms with van der Waals surface area (Å²) in [5.41, 5.74) is -0.487. The summed E-state index contributed by atoms with van der Waals surface area (Å²) in [5, 5.41) is 5.83. The van der Waals surface area contributed by atoms with Gasteiger partial charge >= 0.3 is 6.03 Å². The van der Waals surface area contributed by atoms with Crippen LogP contribution in [0.5, 0.6) is 5.75 Å². The smallest absolute Gasteiger partial charge is 0.326 e. The number of ether oxygens (including phenoxy) is 1. The van der Waals surface area contributed by atoms with Crippen LogP contribution in [0.3, 0.4) is 0 Å². The average Bonchev–Trinajstić information content (AvgIpc) is 2.98. The Balaban J connectivity index is 1.79. The number of benzene rings is 1. The van der Waals surface area contributed by atoms with E-state index in [2.05, 4.69) is 10.6 Å². The number of nitrogens with zero attached hydrogens (tertiary/aromatic N) is 1. The van der Waals surface area contributed by atoms with Crippen molar-refractivity contribution in [1.82, 2.24) is 15.5 Å². The fraction of sp³-hybridized carbons (Fsp3) is 0.571. The van der Waals surface area contributed by atoms with Crippen LogP contribution in [0.1, 0.15) is 57.9 Å². The monoisotopic (exact) mass is 387 g/mol. The summed E-state index contributed by atoms with van der Waals surface area (Å²) in [5.74, 6) is -0.00245. The Morgan fingerprint density at radius 3 is 2.46 bits per heavy atom. The third kappa shape index (κ3) is 3.57. The molecule has 2 atom stereocenters. The van der Waals surface area contributed by atoms with Crippen molar-refractivity contribution in [2.75, 3.05) is 7.11 Å². The van der Waals surface area contributed by atoms with Crippen LogP contribution in [0.2, 0.25) is 0 Å². The highest BCUT2D eigenvalue weighted by molar-refractivity contribution is 6.10. The van der Waals surface area contributed by atoms with Gasteiger partial charge in [0.15, 0.2) is 0 Å². The van der Waals surface area contributed by atoms with Crippen molar-refractivity contribution in [1.29, 1.82) is 0 Å². The molecular formula is C21H29N3O4. The van der Waals surface area contributed by atoms with E-state index in [0.29, 0.717) is 17.7 Å². The Hall–Kier alpha value is -2.57. The molecule has 1 heterocycles. The summed E-state index contributed by atoms with van der Waals surface area (Å²) < 4.78 is 5.17. The first-order valence-corrected chi connectivity index (χ1v) is 10.0. The van der Waals surface area contributed by atoms with Gasteiger partial charge in [-0.2, -0.15) is 0 Å². The van der Waals surface area contributed by atoms with E-state index in [1.807, 2.05) is 6.92 Å². The molecule has 1 aromatic carbocycles. The van der Waals surface area contributed by atoms with Gasteiger partial charge in [-0.05, 0) is 43.9 Å². The average molecular weight is 387 g/mol. The van der Waals surface area contributed by atoms with Crippen LogP contribution in [-0.4, -0.2) is 41.9 Å². The first kappa shape index (κ1) is 20.2. The number of carbonyl (C=O) groups is 3. The second-order valence-corrected chi connectivity index (χ2v) is 7.61. The quantitative estimate of drug-likeness (QED) is 0.735. The zero-order valence-corrected chi connectivity index (χ0v) is 16.8. The number of hydrogen-bond acceptors (Lipinski definition) is 4. The van der Waals surface area contributed by atoms with Gasteiger partial charge in [0.1, 0.15) is 17.3 Å². The molecule has 2 aliphatic rings. The van der Waals surface area contributed by atoms with Crippen molar-refractivity contribution in [3.05, 3.63) is 29.8 Å². The second-order valence-electron chi connectivity index (χ2n) is 7.61. The molecule has 7 heteroatoms. The first-order valence-electron chi connectivity index (χ1n) is 10.0. The molecule has 2 fully saturated rings. The van der Waals surface area contributed by atoms with E-state index >= 15 is 0 Å². The van der Waals surface area contributed by atoms with E-state index in [1.165, 1.54) is 6.42 Å². The van der Waals surface area contributed by atoms with Crippen LogP contribution in [0.15, 0.2) is 24.3 Å². The molecule has 4 amide bonds. The Morgan fingerprint density at radius 1 is 1.25 bits per heavy atom. The molecule has 0 unspecified atom stereocenters. The maximum atomic E-state index is 13.3. The summed E-state index contributed by atoms with van der Waals surface area (Å²) in [6.07, 6.45) is 5.66. The first-order chi connectivity index (χ1) is 13.4. The van der Waals surface area contributed by atoms with Crippen molar-refractivity contribution in [2.24, 2.45) is 0 Å². The highest BCUT2D eigenvalue weighted by Crippen LogP contribution is 2.34. The zero-order valence-electron chi connectivity index (χ0n) is 16.8. The van der Waals surface area contributed by atoms with E-state index in [4.69, 9.17) is 4.74 Å². The minimum atomic E-state index is -1.16. The Labute approximate surface area is 165 Å². The predicted octanol–water partition coefficient (Wildman–Crippen LogP) is 2.69. The number of nitrogens with one attached hydrogen (secondary N) is 2. The molecule has 1 saturated heterocycles. The Bertz CT molecular complexity index is 743. The normalized spacial score (nSPS) is 24.0. The van der Waals surface area contributed by atoms with Crippen molar-refractivity contribution in [3.63, 3.8) is 0 Å². The summed E-state index contributed by atoms with van der Waals surface area (Å²) in [4.78, 5) is 39.7. The van der Waals surface area contributed by atoms with Crippen molar-refractivity contribution < 1.29 is 19.1 Å². The molecule has 3 rings (SSSR count). The number of hydrogen-bond donors (Lipinski definition) is 2. The molecule has 1 aliphatic carbocycles. The molecule has 1 aromatic rings. The molecule has 2 N–H and O–H groups in total. The van der Waals surface area contributed by atoms with Gasteiger partial charge in [-0.1, -0.05) is 38.3 Å². The van der Waals surface area contributed by atoms with Gasteiger partial charge in [-0.25, -0.2) is 9.69 Å². The Morgan fingerprint density at radius 2 is 1.89 bits per heavy atom. The fourth-order valence-corrected chi connectivity index (χ4v) is 4.15. The van der Waals surface area contributed by atoms with Crippen molar-refractivity contribution in [3.8, 4) is 5.75 Å². The third-order valence-corrected chi connectivity index (χ3v) is 5.95. The van der Waals surface area contributed by atoms with Gasteiger partial charge in [0.25, 0.3) is 5.91 Å². The molecular weight excluding hydrogens is 358 g/mol. The van der Waals surface area contributed by atoms with Crippen LogP contribution in [0.4, 0.5) is 4.79 Å². The lowest BCUT2D eigenvalue weighted by atomic mass is 9.87. The standard InChI is InChI=1S/C21H29N3O4/c1-4-21(15-10-12-17(28-3)13-11-15)19(26)24(20(27)23-21)14(2)18(25)22-16-8-6-5-7-9-16/h10-14,16H,4-9H2,1-3H3,(H,22,25)(H,23,27)/t14-,21+/m0/s1. The summed E-state index contributed by atoms with van der Waals surface area (Å²) >= 11 is 0. The van der Waals surface area contributed by atoms with Crippen LogP contribution in [-0.2, 0) is 15.1 Å². The third-order valence-electron chi connectivity index (χ3n) is 5.95. The topological polar surface area (TPSA) is 87.7 Å². The second kappa shape index (κ2) is 8.20. The number of methoxy groups -OCH3 is 1. The lowest BCUT2D eigenvalue weighted by molar-refractivity contribution is -0.138. The summed E-state index contributed by atoms with van der Waals surface area (Å²) in [6.45, 7) is 3.45. The lowest BCUT2D eigenvalue weighted by Gasteiger charge is -2.29. The molecule has 0 bridgehead atoms. The summed E-state index contributed by atoms with van der Waals surface area (Å²) in [7, 11) is 1.57. The highest BCUT2D eigenvalue weighted by Gasteiger charge is 2.53. The molecule has 152 valence electrons. The van der Waals surface area contributed by atoms with Gasteiger partial charge in [0.05, 0.1) is 7.11 Å². The molecule has 0 spiro atoms. The Kier molecular flexibility index (Phi) is 5.91. The van der Waals surface area contributed by atoms with E-state index < -0.39 is 23.5 Å². The van der Waals surface area contributed by atoms with Gasteiger partial charge in [-0.15, -0.1) is 0 Å². The van der Waals surface area contributed by atoms with Crippen LogP contribution < -0.4 is 15.4 Å². The van der Waals surface area contributed by atoms with Crippen LogP contribution in [0, 0.1) is 0 Å². The van der Waals surface area contributed by atoms with Crippen molar-refractivity contribution >= 4 is 17.8 Å². The molecule has 7 nitrogen and oxygen atoms in total. The molecule has 1 saturated carbocycles. The van der Waals surface area contributed by atoms with E-state index in [-0.39, 0.29) is 11.9 Å². The van der Waals surface area contributed by atoms with Gasteiger partial charge in [0.2, 0.25) is 5.91 Å². The molecule has 1 aliphatic heterocycles. The van der Waals surface area contributed by atoms with Crippen LogP contribution in [0.25, 0.3) is 0 Å². The minimum Gasteiger partial charge on any atom is -0.497 e. The highest BCUT2D eigenvalue weighted by atomic mass is 16.5. The van der Waals surface area contributed by atoms with Gasteiger partial charge in [-0.3, -0.25) is 9.59 Å². The largest absolute Gasteiger partial charge is 0.497 e. The van der Waals surface area contributed by atoms with Gasteiger partial charge < -0.3 is 15.4 Å². The van der Waals surface area contributed by atoms with E-state index in [9.17, 15) is 14.4 Å². The SMILES string of the molecule is CC[C@]1(c2ccc(OC)cc2)NC(=O)N([C@@H](C)C(=O)NC2CCCCC2)C1=O. The minimum absolute atomic E-state index is 0.127. The van der Waals surface area contributed by atoms with Gasteiger partial charge in [0, 0.05) is 6.04 Å². The lowest BCUT2D eigenvalue weighted by Crippen LogP contribution is -2.51. The molecule has 0 radical (unpaired) electrons. The number of carbonyl (C=O) groups excluding carboxylic acids is 3. The van der Waals surface area contributed by atoms with Crippen molar-refractivity contribution in [2.45, 2.75) is 70.0 Å². The number of amides is 4. The zero-order chi connectivity index (χ0) is 20.3. The maximum absolute atomic E-state index is 13.3. The summed E-state index contributed by atoms with van der Waals surface area (Å²) in [6, 6.07) is 5.80. The fourth-order valence-electron chi connectivity index (χ4n) is 4.15. The molecule has 0 aromatic heterocycles. The predicted molar refractivity (Wildman–Crippen MR) is 105 cm³/mol.